The van der Waals surface area contributed by atoms with Gasteiger partial charge >= 0.3 is 11.9 Å². The van der Waals surface area contributed by atoms with Crippen molar-refractivity contribution in [3.05, 3.63) is 12.2 Å². The molecule has 0 N–H and O–H groups in total. The summed E-state index contributed by atoms with van der Waals surface area (Å²) >= 11 is 0. The van der Waals surface area contributed by atoms with Crippen molar-refractivity contribution in [2.45, 2.75) is 20.3 Å². The molecule has 0 bridgehead atoms. The van der Waals surface area contributed by atoms with Gasteiger partial charge in [-0.15, -0.1) is 0 Å². The maximum absolute atomic E-state index is 11.4. The molecule has 0 aromatic carbocycles. The van der Waals surface area contributed by atoms with Crippen LogP contribution in [-0.2, 0) is 19.1 Å². The van der Waals surface area contributed by atoms with Crippen LogP contribution in [0.5, 0.6) is 0 Å². The van der Waals surface area contributed by atoms with Gasteiger partial charge < -0.3 is 9.47 Å². The van der Waals surface area contributed by atoms with Crippen LogP contribution in [0.2, 0.25) is 0 Å². The molecule has 0 saturated carbocycles. The Bertz CT molecular complexity index is 227. The number of hydrogen-bond acceptors (Lipinski definition) is 4. The van der Waals surface area contributed by atoms with Gasteiger partial charge in [-0.1, -0.05) is 12.2 Å². The Morgan fingerprint density at radius 3 is 1.93 bits per heavy atom. The summed E-state index contributed by atoms with van der Waals surface area (Å²) in [6.07, 6.45) is 3.78. The molecule has 4 heteroatoms. The van der Waals surface area contributed by atoms with Crippen LogP contribution in [-0.4, -0.2) is 26.2 Å². The maximum atomic E-state index is 11.4. The smallest absolute Gasteiger partial charge is 0.323 e. The molecule has 0 fully saturated rings. The summed E-state index contributed by atoms with van der Waals surface area (Å²) in [6.45, 7) is 3.32. The third kappa shape index (κ3) is 2.58. The highest BCUT2D eigenvalue weighted by Crippen LogP contribution is 2.25. The largest absolute Gasteiger partial charge is 0.468 e. The molecule has 0 aliphatic heterocycles. The summed E-state index contributed by atoms with van der Waals surface area (Å²) in [5, 5.41) is 0. The van der Waals surface area contributed by atoms with Gasteiger partial charge in [0.15, 0.2) is 5.41 Å². The Morgan fingerprint density at radius 1 is 1.21 bits per heavy atom. The van der Waals surface area contributed by atoms with Crippen molar-refractivity contribution in [2.75, 3.05) is 14.2 Å². The summed E-state index contributed by atoms with van der Waals surface area (Å²) in [6, 6.07) is 0. The summed E-state index contributed by atoms with van der Waals surface area (Å²) in [4.78, 5) is 22.8. The number of carbonyl (C=O) groups excluding carboxylic acids is 2. The summed E-state index contributed by atoms with van der Waals surface area (Å²) in [7, 11) is 2.50. The molecular weight excluding hydrogens is 184 g/mol. The lowest BCUT2D eigenvalue weighted by atomic mass is 9.87. The number of esters is 2. The average molecular weight is 200 g/mol. The average Bonchev–Trinajstić information content (AvgIpc) is 2.23. The van der Waals surface area contributed by atoms with Crippen LogP contribution in [0.25, 0.3) is 0 Å². The predicted molar refractivity (Wildman–Crippen MR) is 51.6 cm³/mol. The van der Waals surface area contributed by atoms with Crippen molar-refractivity contribution in [3.63, 3.8) is 0 Å². The minimum Gasteiger partial charge on any atom is -0.468 e. The second kappa shape index (κ2) is 5.42. The van der Waals surface area contributed by atoms with Crippen LogP contribution in [0.3, 0.4) is 0 Å². The van der Waals surface area contributed by atoms with E-state index in [-0.39, 0.29) is 6.42 Å². The maximum Gasteiger partial charge on any atom is 0.323 e. The van der Waals surface area contributed by atoms with Gasteiger partial charge in [0.05, 0.1) is 14.2 Å². The van der Waals surface area contributed by atoms with E-state index in [0.717, 1.165) is 0 Å². The van der Waals surface area contributed by atoms with Crippen LogP contribution in [0.4, 0.5) is 0 Å². The summed E-state index contributed by atoms with van der Waals surface area (Å²) < 4.78 is 9.12. The van der Waals surface area contributed by atoms with E-state index >= 15 is 0 Å². The highest BCUT2D eigenvalue weighted by molar-refractivity contribution is 5.99. The summed E-state index contributed by atoms with van der Waals surface area (Å²) in [5.74, 6) is -1.16. The lowest BCUT2D eigenvalue weighted by Gasteiger charge is -2.21. The van der Waals surface area contributed by atoms with E-state index in [1.807, 2.05) is 6.92 Å². The van der Waals surface area contributed by atoms with Gasteiger partial charge in [-0.05, 0) is 20.3 Å². The Labute approximate surface area is 83.9 Å². The Hall–Kier alpha value is -1.32. The molecule has 0 aliphatic carbocycles. The molecule has 0 amide bonds. The zero-order valence-corrected chi connectivity index (χ0v) is 8.99. The third-order valence-corrected chi connectivity index (χ3v) is 2.03. The number of allylic oxidation sites excluding steroid dienone is 2. The first-order valence-electron chi connectivity index (χ1n) is 4.31. The van der Waals surface area contributed by atoms with Crippen molar-refractivity contribution in [1.29, 1.82) is 0 Å². The normalized spacial score (nSPS) is 11.4. The molecule has 0 spiro atoms. The van der Waals surface area contributed by atoms with Gasteiger partial charge in [-0.2, -0.15) is 0 Å². The molecule has 0 aromatic heterocycles. The van der Waals surface area contributed by atoms with Gasteiger partial charge in [0.2, 0.25) is 0 Å². The number of carbonyl (C=O) groups is 2. The second-order valence-corrected chi connectivity index (χ2v) is 3.09. The molecule has 0 radical (unpaired) electrons. The molecule has 0 saturated heterocycles. The number of ether oxygens (including phenoxy) is 2. The van der Waals surface area contributed by atoms with E-state index < -0.39 is 17.4 Å². The van der Waals surface area contributed by atoms with Gasteiger partial charge in [0.25, 0.3) is 0 Å². The molecule has 0 atom stereocenters. The van der Waals surface area contributed by atoms with Crippen molar-refractivity contribution >= 4 is 11.9 Å². The Morgan fingerprint density at radius 2 is 1.64 bits per heavy atom. The predicted octanol–water partition coefficient (Wildman–Crippen LogP) is 1.30. The first-order chi connectivity index (χ1) is 6.52. The molecule has 0 rings (SSSR count). The Kier molecular flexibility index (Phi) is 4.91. The van der Waals surface area contributed by atoms with Crippen LogP contribution < -0.4 is 0 Å². The fourth-order valence-electron chi connectivity index (χ4n) is 1.05. The van der Waals surface area contributed by atoms with E-state index in [4.69, 9.17) is 0 Å². The fraction of sp³-hybridized carbons (Fsp3) is 0.600. The quantitative estimate of drug-likeness (QED) is 0.390. The van der Waals surface area contributed by atoms with Crippen molar-refractivity contribution < 1.29 is 19.1 Å². The zero-order chi connectivity index (χ0) is 11.2. The van der Waals surface area contributed by atoms with Gasteiger partial charge in [-0.25, -0.2) is 0 Å². The van der Waals surface area contributed by atoms with Crippen molar-refractivity contribution in [2.24, 2.45) is 5.41 Å². The number of hydrogen-bond donors (Lipinski definition) is 0. The molecule has 0 aromatic rings. The van der Waals surface area contributed by atoms with E-state index in [9.17, 15) is 9.59 Å². The number of methoxy groups -OCH3 is 2. The molecule has 0 aliphatic rings. The Balaban J connectivity index is 4.83. The third-order valence-electron chi connectivity index (χ3n) is 2.03. The summed E-state index contributed by atoms with van der Waals surface area (Å²) in [5.41, 5.74) is -1.24. The van der Waals surface area contributed by atoms with Crippen LogP contribution in [0.1, 0.15) is 20.3 Å². The molecule has 0 unspecified atom stereocenters. The van der Waals surface area contributed by atoms with E-state index in [0.29, 0.717) is 0 Å². The first-order valence-corrected chi connectivity index (χ1v) is 4.31. The molecular formula is C10H16O4. The van der Waals surface area contributed by atoms with E-state index in [1.165, 1.54) is 21.1 Å². The van der Waals surface area contributed by atoms with Gasteiger partial charge in [-0.3, -0.25) is 9.59 Å². The molecule has 80 valence electrons. The minimum atomic E-state index is -1.24. The molecule has 14 heavy (non-hydrogen) atoms. The topological polar surface area (TPSA) is 52.6 Å². The van der Waals surface area contributed by atoms with Crippen LogP contribution in [0, 0.1) is 5.41 Å². The van der Waals surface area contributed by atoms with Gasteiger partial charge in [0, 0.05) is 0 Å². The molecule has 0 heterocycles. The van der Waals surface area contributed by atoms with E-state index in [2.05, 4.69) is 9.47 Å². The van der Waals surface area contributed by atoms with Gasteiger partial charge in [0.1, 0.15) is 0 Å². The van der Waals surface area contributed by atoms with Crippen molar-refractivity contribution in [3.8, 4) is 0 Å². The lowest BCUT2D eigenvalue weighted by Crippen LogP contribution is -2.38. The SMILES string of the molecule is C/C=C/CC(C)(C(=O)OC)C(=O)OC. The highest BCUT2D eigenvalue weighted by atomic mass is 16.5. The zero-order valence-electron chi connectivity index (χ0n) is 8.99. The van der Waals surface area contributed by atoms with Crippen LogP contribution >= 0.6 is 0 Å². The first kappa shape index (κ1) is 12.7. The van der Waals surface area contributed by atoms with Crippen molar-refractivity contribution in [1.82, 2.24) is 0 Å². The monoisotopic (exact) mass is 200 g/mol. The fourth-order valence-corrected chi connectivity index (χ4v) is 1.05. The second-order valence-electron chi connectivity index (χ2n) is 3.09. The van der Waals surface area contributed by atoms with Crippen LogP contribution in [0.15, 0.2) is 12.2 Å². The highest BCUT2D eigenvalue weighted by Gasteiger charge is 2.42. The van der Waals surface area contributed by atoms with E-state index in [1.54, 1.807) is 12.2 Å². The minimum absolute atomic E-state index is 0.281. The molecule has 4 nitrogen and oxygen atoms in total. The standard InChI is InChI=1S/C10H16O4/c1-5-6-7-10(2,8(11)13-3)9(12)14-4/h5-6H,7H2,1-4H3/b6-5+. The lowest BCUT2D eigenvalue weighted by molar-refractivity contribution is -0.167. The number of rotatable bonds is 4.